The summed E-state index contributed by atoms with van der Waals surface area (Å²) < 4.78 is 5.82. The first-order chi connectivity index (χ1) is 6.13. The highest BCUT2D eigenvalue weighted by atomic mass is 79.9. The van der Waals surface area contributed by atoms with Gasteiger partial charge in [-0.3, -0.25) is 0 Å². The van der Waals surface area contributed by atoms with Crippen LogP contribution in [-0.2, 0) is 4.74 Å². The molecule has 0 aromatic heterocycles. The summed E-state index contributed by atoms with van der Waals surface area (Å²) in [6.07, 6.45) is 6.01. The van der Waals surface area contributed by atoms with Crippen molar-refractivity contribution in [2.75, 3.05) is 0 Å². The number of rotatable bonds is 4. The fourth-order valence-corrected chi connectivity index (χ4v) is 2.66. The fourth-order valence-electron chi connectivity index (χ4n) is 2.08. The zero-order chi connectivity index (χ0) is 9.84. The van der Waals surface area contributed by atoms with E-state index in [9.17, 15) is 0 Å². The molecule has 13 heavy (non-hydrogen) atoms. The molecule has 4 unspecified atom stereocenters. The van der Waals surface area contributed by atoms with Crippen molar-refractivity contribution in [1.82, 2.24) is 0 Å². The van der Waals surface area contributed by atoms with Crippen molar-refractivity contribution in [2.45, 2.75) is 63.5 Å². The maximum atomic E-state index is 5.82. The molecule has 1 saturated heterocycles. The van der Waals surface area contributed by atoms with Crippen molar-refractivity contribution in [2.24, 2.45) is 5.92 Å². The Hall–Kier alpha value is 0.440. The molecule has 1 heterocycles. The summed E-state index contributed by atoms with van der Waals surface area (Å²) in [5.41, 5.74) is 0. The molecule has 0 aromatic carbocycles. The molecule has 78 valence electrons. The van der Waals surface area contributed by atoms with E-state index in [-0.39, 0.29) is 0 Å². The van der Waals surface area contributed by atoms with Crippen molar-refractivity contribution in [1.29, 1.82) is 0 Å². The first kappa shape index (κ1) is 11.5. The molecule has 0 bridgehead atoms. The van der Waals surface area contributed by atoms with Gasteiger partial charge in [-0.1, -0.05) is 36.2 Å². The second kappa shape index (κ2) is 5.35. The number of hydrogen-bond acceptors (Lipinski definition) is 1. The molecule has 2 heteroatoms. The van der Waals surface area contributed by atoms with Crippen molar-refractivity contribution in [3.63, 3.8) is 0 Å². The lowest BCUT2D eigenvalue weighted by atomic mass is 9.95. The summed E-state index contributed by atoms with van der Waals surface area (Å²) >= 11 is 3.67. The SMILES string of the molecule is CCC(CC1CCC(C)O1)C(C)Br. The highest BCUT2D eigenvalue weighted by molar-refractivity contribution is 9.09. The number of hydrogen-bond donors (Lipinski definition) is 0. The lowest BCUT2D eigenvalue weighted by Gasteiger charge is -2.21. The van der Waals surface area contributed by atoms with Gasteiger partial charge in [0, 0.05) is 4.83 Å². The first-order valence-corrected chi connectivity index (χ1v) is 6.34. The van der Waals surface area contributed by atoms with Gasteiger partial charge in [0.05, 0.1) is 12.2 Å². The lowest BCUT2D eigenvalue weighted by Crippen LogP contribution is -2.19. The van der Waals surface area contributed by atoms with Crippen molar-refractivity contribution < 1.29 is 4.74 Å². The van der Waals surface area contributed by atoms with Gasteiger partial charge in [0.1, 0.15) is 0 Å². The van der Waals surface area contributed by atoms with Crippen LogP contribution >= 0.6 is 15.9 Å². The Morgan fingerprint density at radius 2 is 2.15 bits per heavy atom. The van der Waals surface area contributed by atoms with Crippen LogP contribution in [0.3, 0.4) is 0 Å². The van der Waals surface area contributed by atoms with E-state index < -0.39 is 0 Å². The first-order valence-electron chi connectivity index (χ1n) is 5.43. The zero-order valence-electron chi connectivity index (χ0n) is 8.92. The van der Waals surface area contributed by atoms with Crippen LogP contribution in [-0.4, -0.2) is 17.0 Å². The third kappa shape index (κ3) is 3.59. The Morgan fingerprint density at radius 1 is 1.46 bits per heavy atom. The standard InChI is InChI=1S/C11H21BrO/c1-4-10(9(3)12)7-11-6-5-8(2)13-11/h8-11H,4-7H2,1-3H3. The molecule has 0 amide bonds. The topological polar surface area (TPSA) is 9.23 Å². The molecule has 0 aliphatic carbocycles. The summed E-state index contributed by atoms with van der Waals surface area (Å²) in [4.78, 5) is 0.622. The molecule has 0 saturated carbocycles. The van der Waals surface area contributed by atoms with E-state index in [0.717, 1.165) is 5.92 Å². The average Bonchev–Trinajstić information content (AvgIpc) is 2.46. The summed E-state index contributed by atoms with van der Waals surface area (Å²) in [7, 11) is 0. The second-order valence-corrected chi connectivity index (χ2v) is 5.67. The van der Waals surface area contributed by atoms with E-state index in [0.29, 0.717) is 17.0 Å². The molecule has 1 aliphatic heterocycles. The molecular formula is C11H21BrO. The van der Waals surface area contributed by atoms with Crippen LogP contribution < -0.4 is 0 Å². The highest BCUT2D eigenvalue weighted by Crippen LogP contribution is 2.29. The Labute approximate surface area is 90.4 Å². The molecule has 4 atom stereocenters. The largest absolute Gasteiger partial charge is 0.375 e. The van der Waals surface area contributed by atoms with Crippen LogP contribution in [0.5, 0.6) is 0 Å². The predicted octanol–water partition coefficient (Wildman–Crippen LogP) is 3.75. The van der Waals surface area contributed by atoms with Gasteiger partial charge in [-0.25, -0.2) is 0 Å². The quantitative estimate of drug-likeness (QED) is 0.689. The Kier molecular flexibility index (Phi) is 4.74. The normalized spacial score (nSPS) is 33.2. The smallest absolute Gasteiger partial charge is 0.0582 e. The minimum atomic E-state index is 0.494. The third-order valence-electron chi connectivity index (χ3n) is 3.06. The van der Waals surface area contributed by atoms with E-state index in [4.69, 9.17) is 4.74 Å². The number of ether oxygens (including phenoxy) is 1. The van der Waals surface area contributed by atoms with E-state index in [1.54, 1.807) is 0 Å². The van der Waals surface area contributed by atoms with Crippen LogP contribution in [0.25, 0.3) is 0 Å². The van der Waals surface area contributed by atoms with Gasteiger partial charge < -0.3 is 4.74 Å². The molecular weight excluding hydrogens is 228 g/mol. The Bertz CT molecular complexity index is 147. The fraction of sp³-hybridized carbons (Fsp3) is 1.00. The van der Waals surface area contributed by atoms with Gasteiger partial charge in [-0.05, 0) is 32.1 Å². The summed E-state index contributed by atoms with van der Waals surface area (Å²) in [6, 6.07) is 0. The molecule has 0 N–H and O–H groups in total. The maximum Gasteiger partial charge on any atom is 0.0582 e. The monoisotopic (exact) mass is 248 g/mol. The Balaban J connectivity index is 2.30. The average molecular weight is 249 g/mol. The van der Waals surface area contributed by atoms with Gasteiger partial charge in [0.2, 0.25) is 0 Å². The molecule has 1 nitrogen and oxygen atoms in total. The summed E-state index contributed by atoms with van der Waals surface area (Å²) in [6.45, 7) is 6.69. The van der Waals surface area contributed by atoms with Gasteiger partial charge in [0.15, 0.2) is 0 Å². The van der Waals surface area contributed by atoms with Crippen LogP contribution in [0.1, 0.15) is 46.5 Å². The third-order valence-corrected chi connectivity index (χ3v) is 3.81. The predicted molar refractivity (Wildman–Crippen MR) is 60.4 cm³/mol. The Morgan fingerprint density at radius 3 is 2.54 bits per heavy atom. The van der Waals surface area contributed by atoms with Gasteiger partial charge in [-0.15, -0.1) is 0 Å². The number of alkyl halides is 1. The lowest BCUT2D eigenvalue weighted by molar-refractivity contribution is 0.0407. The molecule has 0 radical (unpaired) electrons. The molecule has 1 rings (SSSR count). The van der Waals surface area contributed by atoms with E-state index in [1.165, 1.54) is 25.7 Å². The minimum absolute atomic E-state index is 0.494. The summed E-state index contributed by atoms with van der Waals surface area (Å²) in [5, 5.41) is 0. The minimum Gasteiger partial charge on any atom is -0.375 e. The molecule has 0 spiro atoms. The highest BCUT2D eigenvalue weighted by Gasteiger charge is 2.25. The van der Waals surface area contributed by atoms with Crippen LogP contribution in [0.4, 0.5) is 0 Å². The summed E-state index contributed by atoms with van der Waals surface area (Å²) in [5.74, 6) is 0.773. The van der Waals surface area contributed by atoms with Crippen molar-refractivity contribution >= 4 is 15.9 Å². The van der Waals surface area contributed by atoms with E-state index in [1.807, 2.05) is 0 Å². The molecule has 1 fully saturated rings. The van der Waals surface area contributed by atoms with Crippen LogP contribution in [0.2, 0.25) is 0 Å². The second-order valence-electron chi connectivity index (χ2n) is 4.23. The van der Waals surface area contributed by atoms with Crippen LogP contribution in [0.15, 0.2) is 0 Å². The van der Waals surface area contributed by atoms with E-state index in [2.05, 4.69) is 36.7 Å². The van der Waals surface area contributed by atoms with Gasteiger partial charge in [-0.2, -0.15) is 0 Å². The van der Waals surface area contributed by atoms with Crippen LogP contribution in [0, 0.1) is 5.92 Å². The van der Waals surface area contributed by atoms with Gasteiger partial charge >= 0.3 is 0 Å². The number of halogens is 1. The molecule has 1 aliphatic rings. The van der Waals surface area contributed by atoms with Crippen molar-refractivity contribution in [3.05, 3.63) is 0 Å². The maximum absolute atomic E-state index is 5.82. The van der Waals surface area contributed by atoms with E-state index >= 15 is 0 Å². The van der Waals surface area contributed by atoms with Gasteiger partial charge in [0.25, 0.3) is 0 Å². The van der Waals surface area contributed by atoms with Crippen molar-refractivity contribution in [3.8, 4) is 0 Å². The zero-order valence-corrected chi connectivity index (χ0v) is 10.5. The molecule has 0 aromatic rings.